The first kappa shape index (κ1) is 16.3. The molecule has 1 aliphatic heterocycles. The van der Waals surface area contributed by atoms with Crippen LogP contribution in [-0.2, 0) is 4.74 Å². The fourth-order valence-corrected chi connectivity index (χ4v) is 2.32. The zero-order chi connectivity index (χ0) is 15.2. The van der Waals surface area contributed by atoms with Gasteiger partial charge in [-0.15, -0.1) is 0 Å². The Morgan fingerprint density at radius 1 is 1.24 bits per heavy atom. The second kappa shape index (κ2) is 7.77. The van der Waals surface area contributed by atoms with Gasteiger partial charge >= 0.3 is 0 Å². The highest BCUT2D eigenvalue weighted by Crippen LogP contribution is 2.37. The lowest BCUT2D eigenvalue weighted by Crippen LogP contribution is -2.15. The summed E-state index contributed by atoms with van der Waals surface area (Å²) >= 11 is 6.20. The molecule has 2 rings (SSSR count). The van der Waals surface area contributed by atoms with Crippen molar-refractivity contribution in [1.82, 2.24) is 0 Å². The number of benzene rings is 1. The van der Waals surface area contributed by atoms with Crippen LogP contribution in [0.4, 0.5) is 8.78 Å². The van der Waals surface area contributed by atoms with Crippen molar-refractivity contribution >= 4 is 11.6 Å². The van der Waals surface area contributed by atoms with Crippen molar-refractivity contribution in [2.24, 2.45) is 5.73 Å². The SMILES string of the molecule is NC(CCOCC(F)F)c1cc2c(cc1Cl)OCCCO2. The summed E-state index contributed by atoms with van der Waals surface area (Å²) in [6, 6.07) is 3.02. The Kier molecular flexibility index (Phi) is 6.02. The van der Waals surface area contributed by atoms with E-state index in [4.69, 9.17) is 31.5 Å². The molecular formula is C14H18ClF2NO3. The van der Waals surface area contributed by atoms with Crippen LogP contribution in [0, 0.1) is 0 Å². The standard InChI is InChI=1S/C14H18ClF2NO3/c15-10-7-13-12(20-3-1-4-21-13)6-9(10)11(18)2-5-19-8-14(16)17/h6-7,11,14H,1-5,8,18H2. The zero-order valence-electron chi connectivity index (χ0n) is 11.5. The van der Waals surface area contributed by atoms with Gasteiger partial charge in [-0.1, -0.05) is 11.6 Å². The van der Waals surface area contributed by atoms with E-state index in [-0.39, 0.29) is 6.61 Å². The third-order valence-electron chi connectivity index (χ3n) is 3.08. The second-order valence-electron chi connectivity index (χ2n) is 4.73. The molecule has 2 N–H and O–H groups in total. The van der Waals surface area contributed by atoms with Gasteiger partial charge in [-0.05, 0) is 18.1 Å². The quantitative estimate of drug-likeness (QED) is 0.818. The zero-order valence-corrected chi connectivity index (χ0v) is 12.2. The molecule has 1 aliphatic rings. The van der Waals surface area contributed by atoms with Crippen molar-refractivity contribution < 1.29 is 23.0 Å². The van der Waals surface area contributed by atoms with Gasteiger partial charge < -0.3 is 19.9 Å². The van der Waals surface area contributed by atoms with E-state index in [0.717, 1.165) is 6.42 Å². The number of hydrogen-bond acceptors (Lipinski definition) is 4. The molecule has 0 saturated carbocycles. The van der Waals surface area contributed by atoms with Crippen LogP contribution in [0.1, 0.15) is 24.4 Å². The molecule has 0 saturated heterocycles. The van der Waals surface area contributed by atoms with E-state index in [2.05, 4.69) is 0 Å². The van der Waals surface area contributed by atoms with E-state index in [0.29, 0.717) is 41.7 Å². The number of fused-ring (bicyclic) bond motifs is 1. The molecule has 1 aromatic rings. The molecule has 0 amide bonds. The van der Waals surface area contributed by atoms with Crippen LogP contribution in [0.2, 0.25) is 5.02 Å². The van der Waals surface area contributed by atoms with Crippen molar-refractivity contribution in [2.75, 3.05) is 26.4 Å². The minimum absolute atomic E-state index is 0.149. The smallest absolute Gasteiger partial charge is 0.261 e. The third kappa shape index (κ3) is 4.69. The highest BCUT2D eigenvalue weighted by atomic mass is 35.5. The van der Waals surface area contributed by atoms with Gasteiger partial charge in [-0.25, -0.2) is 8.78 Å². The van der Waals surface area contributed by atoms with Crippen LogP contribution < -0.4 is 15.2 Å². The highest BCUT2D eigenvalue weighted by Gasteiger charge is 2.18. The summed E-state index contributed by atoms with van der Waals surface area (Å²) in [5.41, 5.74) is 6.73. The Morgan fingerprint density at radius 2 is 1.90 bits per heavy atom. The number of nitrogens with two attached hydrogens (primary N) is 1. The molecule has 0 aromatic heterocycles. The Bertz CT molecular complexity index is 474. The highest BCUT2D eigenvalue weighted by molar-refractivity contribution is 6.31. The molecule has 1 atom stereocenters. The van der Waals surface area contributed by atoms with Gasteiger partial charge in [0.15, 0.2) is 11.5 Å². The monoisotopic (exact) mass is 321 g/mol. The summed E-state index contributed by atoms with van der Waals surface area (Å²) < 4.78 is 39.9. The van der Waals surface area contributed by atoms with E-state index >= 15 is 0 Å². The van der Waals surface area contributed by atoms with E-state index in [9.17, 15) is 8.78 Å². The third-order valence-corrected chi connectivity index (χ3v) is 3.41. The maximum Gasteiger partial charge on any atom is 0.261 e. The van der Waals surface area contributed by atoms with Crippen LogP contribution in [0.3, 0.4) is 0 Å². The predicted molar refractivity (Wildman–Crippen MR) is 75.4 cm³/mol. The maximum absolute atomic E-state index is 12.0. The van der Waals surface area contributed by atoms with Crippen LogP contribution in [0.15, 0.2) is 12.1 Å². The van der Waals surface area contributed by atoms with E-state index in [1.807, 2.05) is 0 Å². The average Bonchev–Trinajstić information content (AvgIpc) is 2.67. The molecule has 21 heavy (non-hydrogen) atoms. The van der Waals surface area contributed by atoms with Gasteiger partial charge in [-0.2, -0.15) is 0 Å². The fourth-order valence-electron chi connectivity index (χ4n) is 2.02. The molecule has 0 radical (unpaired) electrons. The normalized spacial score (nSPS) is 15.9. The van der Waals surface area contributed by atoms with Gasteiger partial charge in [0.2, 0.25) is 0 Å². The molecule has 1 aromatic carbocycles. The molecular weight excluding hydrogens is 304 g/mol. The average molecular weight is 322 g/mol. The van der Waals surface area contributed by atoms with Crippen LogP contribution in [0.25, 0.3) is 0 Å². The molecule has 0 spiro atoms. The fraction of sp³-hybridized carbons (Fsp3) is 0.571. The van der Waals surface area contributed by atoms with E-state index in [1.165, 1.54) is 0 Å². The summed E-state index contributed by atoms with van der Waals surface area (Å²) in [6.07, 6.45) is -1.27. The van der Waals surface area contributed by atoms with Crippen molar-refractivity contribution in [3.8, 4) is 11.5 Å². The molecule has 0 bridgehead atoms. The lowest BCUT2D eigenvalue weighted by atomic mass is 10.0. The lowest BCUT2D eigenvalue weighted by molar-refractivity contribution is 0.0152. The number of halogens is 3. The van der Waals surface area contributed by atoms with Crippen molar-refractivity contribution in [3.05, 3.63) is 22.7 Å². The number of ether oxygens (including phenoxy) is 3. The summed E-state index contributed by atoms with van der Waals surface area (Å²) in [4.78, 5) is 0. The minimum Gasteiger partial charge on any atom is -0.490 e. The molecule has 4 nitrogen and oxygen atoms in total. The van der Waals surface area contributed by atoms with Gasteiger partial charge in [0.25, 0.3) is 6.43 Å². The lowest BCUT2D eigenvalue weighted by Gasteiger charge is -2.17. The van der Waals surface area contributed by atoms with Crippen LogP contribution in [-0.4, -0.2) is 32.9 Å². The van der Waals surface area contributed by atoms with Crippen molar-refractivity contribution in [1.29, 1.82) is 0 Å². The topological polar surface area (TPSA) is 53.7 Å². The Morgan fingerprint density at radius 3 is 2.57 bits per heavy atom. The first-order valence-corrected chi connectivity index (χ1v) is 7.16. The van der Waals surface area contributed by atoms with Crippen molar-refractivity contribution in [3.63, 3.8) is 0 Å². The molecule has 1 heterocycles. The van der Waals surface area contributed by atoms with E-state index in [1.54, 1.807) is 12.1 Å². The van der Waals surface area contributed by atoms with Gasteiger partial charge in [0, 0.05) is 30.2 Å². The van der Waals surface area contributed by atoms with Crippen molar-refractivity contribution in [2.45, 2.75) is 25.3 Å². The van der Waals surface area contributed by atoms with Gasteiger partial charge in [0.1, 0.15) is 6.61 Å². The Labute approximate surface area is 127 Å². The summed E-state index contributed by atoms with van der Waals surface area (Å²) in [6.45, 7) is 0.717. The first-order valence-electron chi connectivity index (χ1n) is 6.78. The number of rotatable bonds is 6. The Balaban J connectivity index is 2.00. The largest absolute Gasteiger partial charge is 0.490 e. The minimum atomic E-state index is -2.47. The van der Waals surface area contributed by atoms with Gasteiger partial charge in [0.05, 0.1) is 13.2 Å². The summed E-state index contributed by atoms with van der Waals surface area (Å²) in [5, 5.41) is 0.473. The molecule has 118 valence electrons. The first-order chi connectivity index (χ1) is 10.1. The maximum atomic E-state index is 12.0. The number of hydrogen-bond donors (Lipinski definition) is 1. The molecule has 1 unspecified atom stereocenters. The van der Waals surface area contributed by atoms with Crippen LogP contribution >= 0.6 is 11.6 Å². The van der Waals surface area contributed by atoms with E-state index < -0.39 is 19.1 Å². The van der Waals surface area contributed by atoms with Crippen LogP contribution in [0.5, 0.6) is 11.5 Å². The molecule has 0 fully saturated rings. The van der Waals surface area contributed by atoms with Gasteiger partial charge in [-0.3, -0.25) is 0 Å². The number of alkyl halides is 2. The summed E-state index contributed by atoms with van der Waals surface area (Å²) in [5.74, 6) is 1.21. The Hall–Kier alpha value is -1.11. The molecule has 0 aliphatic carbocycles. The second-order valence-corrected chi connectivity index (χ2v) is 5.14. The molecule has 7 heteroatoms. The predicted octanol–water partition coefficient (Wildman–Crippen LogP) is 3.17. The summed E-state index contributed by atoms with van der Waals surface area (Å²) in [7, 11) is 0.